The van der Waals surface area contributed by atoms with Gasteiger partial charge >= 0.3 is 0 Å². The number of hydrogen-bond donors (Lipinski definition) is 0. The van der Waals surface area contributed by atoms with E-state index in [4.69, 9.17) is 0 Å². The van der Waals surface area contributed by atoms with Gasteiger partial charge in [0.25, 0.3) is 0 Å². The summed E-state index contributed by atoms with van der Waals surface area (Å²) in [6.07, 6.45) is 2.96. The summed E-state index contributed by atoms with van der Waals surface area (Å²) >= 11 is 2.12. The highest BCUT2D eigenvalue weighted by Crippen LogP contribution is 2.46. The zero-order valence-corrected chi connectivity index (χ0v) is 5.13. The van der Waals surface area contributed by atoms with Crippen molar-refractivity contribution in [1.29, 1.82) is 0 Å². The van der Waals surface area contributed by atoms with Gasteiger partial charge in [-0.25, -0.2) is 0 Å². The van der Waals surface area contributed by atoms with Crippen molar-refractivity contribution in [2.75, 3.05) is 11.5 Å². The molecule has 0 bridgehead atoms. The third kappa shape index (κ3) is 0.510. The van der Waals surface area contributed by atoms with E-state index in [2.05, 4.69) is 11.8 Å². The molecule has 1 atom stereocenters. The SMILES string of the molecule is C1CC2CSC[C]12. The molecule has 2 aliphatic rings. The Morgan fingerprint density at radius 3 is 2.86 bits per heavy atom. The Morgan fingerprint density at radius 2 is 2.57 bits per heavy atom. The van der Waals surface area contributed by atoms with Gasteiger partial charge in [-0.05, 0) is 36.2 Å². The molecule has 1 aliphatic heterocycles. The van der Waals surface area contributed by atoms with Gasteiger partial charge in [-0.2, -0.15) is 11.8 Å². The first-order chi connectivity index (χ1) is 3.47. The van der Waals surface area contributed by atoms with Gasteiger partial charge in [0.05, 0.1) is 0 Å². The smallest absolute Gasteiger partial charge is 0.000201 e. The third-order valence-corrected chi connectivity index (χ3v) is 3.21. The minimum atomic E-state index is 1.07. The van der Waals surface area contributed by atoms with Crippen LogP contribution in [0.2, 0.25) is 0 Å². The molecule has 39 valence electrons. The Labute approximate surface area is 48.7 Å². The first-order valence-corrected chi connectivity index (χ1v) is 4.04. The Morgan fingerprint density at radius 1 is 1.57 bits per heavy atom. The van der Waals surface area contributed by atoms with Gasteiger partial charge in [0.15, 0.2) is 0 Å². The molecule has 1 saturated heterocycles. The fourth-order valence-corrected chi connectivity index (χ4v) is 2.72. The van der Waals surface area contributed by atoms with Gasteiger partial charge in [0.2, 0.25) is 0 Å². The van der Waals surface area contributed by atoms with Crippen molar-refractivity contribution in [3.05, 3.63) is 5.92 Å². The van der Waals surface area contributed by atoms with Crippen LogP contribution in [0, 0.1) is 11.8 Å². The van der Waals surface area contributed by atoms with Crippen LogP contribution < -0.4 is 0 Å². The third-order valence-electron chi connectivity index (χ3n) is 2.00. The Bertz CT molecular complexity index is 70.2. The van der Waals surface area contributed by atoms with E-state index in [1.54, 1.807) is 0 Å². The standard InChI is InChI=1S/C6H9S/c1-2-6-4-7-3-5(1)6/h5H,1-4H2. The van der Waals surface area contributed by atoms with Gasteiger partial charge < -0.3 is 0 Å². The summed E-state index contributed by atoms with van der Waals surface area (Å²) < 4.78 is 0. The van der Waals surface area contributed by atoms with Crippen molar-refractivity contribution in [3.63, 3.8) is 0 Å². The maximum atomic E-state index is 2.12. The van der Waals surface area contributed by atoms with Crippen LogP contribution in [0.1, 0.15) is 12.8 Å². The highest BCUT2D eigenvalue weighted by atomic mass is 32.2. The van der Waals surface area contributed by atoms with Gasteiger partial charge in [-0.15, -0.1) is 0 Å². The lowest BCUT2D eigenvalue weighted by atomic mass is 9.77. The highest BCUT2D eigenvalue weighted by molar-refractivity contribution is 7.99. The zero-order chi connectivity index (χ0) is 4.69. The quantitative estimate of drug-likeness (QED) is 0.461. The largest absolute Gasteiger partial charge is 0.161 e. The molecule has 0 aromatic carbocycles. The maximum absolute atomic E-state index is 2.12. The lowest BCUT2D eigenvalue weighted by Gasteiger charge is -2.27. The second-order valence-electron chi connectivity index (χ2n) is 2.41. The summed E-state index contributed by atoms with van der Waals surface area (Å²) in [5.41, 5.74) is 0. The van der Waals surface area contributed by atoms with Crippen LogP contribution in [0.3, 0.4) is 0 Å². The monoisotopic (exact) mass is 113 g/mol. The number of hydrogen-bond acceptors (Lipinski definition) is 1. The van der Waals surface area contributed by atoms with E-state index in [9.17, 15) is 0 Å². The van der Waals surface area contributed by atoms with E-state index in [1.807, 2.05) is 5.92 Å². The summed E-state index contributed by atoms with van der Waals surface area (Å²) in [6, 6.07) is 0. The van der Waals surface area contributed by atoms with Crippen molar-refractivity contribution >= 4 is 11.8 Å². The van der Waals surface area contributed by atoms with Gasteiger partial charge in [-0.3, -0.25) is 0 Å². The molecule has 2 fully saturated rings. The summed E-state index contributed by atoms with van der Waals surface area (Å²) in [5, 5.41) is 0. The zero-order valence-electron chi connectivity index (χ0n) is 4.31. The molecule has 1 saturated carbocycles. The maximum Gasteiger partial charge on any atom is -0.000201 e. The molecule has 1 radical (unpaired) electrons. The molecule has 0 nitrogen and oxygen atoms in total. The molecule has 1 heterocycles. The summed E-state index contributed by atoms with van der Waals surface area (Å²) in [7, 11) is 0. The van der Waals surface area contributed by atoms with Gasteiger partial charge in [-0.1, -0.05) is 0 Å². The first kappa shape index (κ1) is 4.25. The fourth-order valence-electron chi connectivity index (χ4n) is 1.28. The Balaban J connectivity index is 2.03. The molecule has 0 aromatic heterocycles. The molecular formula is C6H9S. The first-order valence-electron chi connectivity index (χ1n) is 2.89. The summed E-state index contributed by atoms with van der Waals surface area (Å²) in [4.78, 5) is 0. The lowest BCUT2D eigenvalue weighted by Crippen LogP contribution is -2.20. The summed E-state index contributed by atoms with van der Waals surface area (Å²) in [5.74, 6) is 5.76. The van der Waals surface area contributed by atoms with Crippen LogP contribution in [0.25, 0.3) is 0 Å². The highest BCUT2D eigenvalue weighted by Gasteiger charge is 2.35. The molecule has 0 aromatic rings. The minimum Gasteiger partial charge on any atom is -0.161 e. The predicted octanol–water partition coefficient (Wildman–Crippen LogP) is 1.72. The molecule has 1 heteroatoms. The van der Waals surface area contributed by atoms with Crippen molar-refractivity contribution in [3.8, 4) is 0 Å². The molecular weight excluding hydrogens is 104 g/mol. The number of fused-ring (bicyclic) bond motifs is 1. The molecule has 1 unspecified atom stereocenters. The minimum absolute atomic E-state index is 1.07. The Hall–Kier alpha value is 0.350. The molecule has 7 heavy (non-hydrogen) atoms. The lowest BCUT2D eigenvalue weighted by molar-refractivity contribution is 0.423. The molecule has 0 amide bonds. The molecule has 0 spiro atoms. The van der Waals surface area contributed by atoms with E-state index in [1.165, 1.54) is 24.3 Å². The van der Waals surface area contributed by atoms with Crippen LogP contribution in [0.4, 0.5) is 0 Å². The van der Waals surface area contributed by atoms with Crippen molar-refractivity contribution in [2.45, 2.75) is 12.8 Å². The van der Waals surface area contributed by atoms with Crippen LogP contribution in [-0.2, 0) is 0 Å². The van der Waals surface area contributed by atoms with Crippen LogP contribution >= 0.6 is 11.8 Å². The van der Waals surface area contributed by atoms with E-state index < -0.39 is 0 Å². The topological polar surface area (TPSA) is 0 Å². The number of rotatable bonds is 0. The van der Waals surface area contributed by atoms with E-state index in [0.717, 1.165) is 5.92 Å². The van der Waals surface area contributed by atoms with E-state index in [0.29, 0.717) is 0 Å². The number of thioether (sulfide) groups is 1. The average Bonchev–Trinajstić information content (AvgIpc) is 1.85. The second-order valence-corrected chi connectivity index (χ2v) is 3.44. The van der Waals surface area contributed by atoms with Crippen molar-refractivity contribution in [2.24, 2.45) is 5.92 Å². The van der Waals surface area contributed by atoms with E-state index in [-0.39, 0.29) is 0 Å². The molecule has 2 rings (SSSR count). The van der Waals surface area contributed by atoms with Crippen LogP contribution in [0.5, 0.6) is 0 Å². The van der Waals surface area contributed by atoms with Crippen LogP contribution in [0.15, 0.2) is 0 Å². The predicted molar refractivity (Wildman–Crippen MR) is 33.3 cm³/mol. The van der Waals surface area contributed by atoms with E-state index >= 15 is 0 Å². The van der Waals surface area contributed by atoms with Crippen LogP contribution in [-0.4, -0.2) is 11.5 Å². The van der Waals surface area contributed by atoms with Gasteiger partial charge in [0.1, 0.15) is 0 Å². The molecule has 1 aliphatic carbocycles. The summed E-state index contributed by atoms with van der Waals surface area (Å²) in [6.45, 7) is 0. The Kier molecular flexibility index (Phi) is 0.857. The fraction of sp³-hybridized carbons (Fsp3) is 0.833. The average molecular weight is 113 g/mol. The van der Waals surface area contributed by atoms with Gasteiger partial charge in [0, 0.05) is 0 Å². The van der Waals surface area contributed by atoms with Crippen molar-refractivity contribution < 1.29 is 0 Å². The van der Waals surface area contributed by atoms with Crippen molar-refractivity contribution in [1.82, 2.24) is 0 Å². The second kappa shape index (κ2) is 1.41. The molecule has 0 N–H and O–H groups in total. The normalized spacial score (nSPS) is 40.3.